The van der Waals surface area contributed by atoms with E-state index in [9.17, 15) is 14.4 Å². The molecule has 1 aliphatic rings. The highest BCUT2D eigenvalue weighted by molar-refractivity contribution is 6.33. The average molecular weight is 441 g/mol. The molecule has 6 rings (SSSR count). The highest BCUT2D eigenvalue weighted by Gasteiger charge is 2.37. The molecule has 162 valence electrons. The van der Waals surface area contributed by atoms with Gasteiger partial charge in [0.25, 0.3) is 0 Å². The fourth-order valence-electron chi connectivity index (χ4n) is 4.76. The number of hydrogen-bond donors (Lipinski definition) is 0. The molecule has 0 spiro atoms. The van der Waals surface area contributed by atoms with Crippen LogP contribution in [0.4, 0.5) is 0 Å². The Bertz CT molecular complexity index is 1640. The fourth-order valence-corrected chi connectivity index (χ4v) is 4.76. The third-order valence-corrected chi connectivity index (χ3v) is 6.43. The molecule has 0 N–H and O–H groups in total. The SMILES string of the molecule is Cc1ccn2c3c(c(C(=O)c4ccc(-c5ccccc5)cc4)c2c1)C(=O)c1ccccc1C3=O. The minimum absolute atomic E-state index is 0.187. The first kappa shape index (κ1) is 20.1. The van der Waals surface area contributed by atoms with Crippen molar-refractivity contribution in [1.29, 1.82) is 0 Å². The van der Waals surface area contributed by atoms with Crippen LogP contribution in [-0.2, 0) is 0 Å². The normalized spacial score (nSPS) is 12.5. The van der Waals surface area contributed by atoms with E-state index in [1.807, 2.05) is 61.5 Å². The summed E-state index contributed by atoms with van der Waals surface area (Å²) in [5.41, 5.74) is 5.44. The molecule has 0 saturated carbocycles. The van der Waals surface area contributed by atoms with Gasteiger partial charge in [0.15, 0.2) is 11.6 Å². The van der Waals surface area contributed by atoms with E-state index >= 15 is 0 Å². The van der Waals surface area contributed by atoms with Gasteiger partial charge in [-0.05, 0) is 35.7 Å². The summed E-state index contributed by atoms with van der Waals surface area (Å²) in [6, 6.07) is 27.8. The number of carbonyl (C=O) groups is 3. The Morgan fingerprint density at radius 3 is 2.03 bits per heavy atom. The van der Waals surface area contributed by atoms with Crippen LogP contribution in [-0.4, -0.2) is 21.8 Å². The molecule has 4 heteroatoms. The molecule has 0 unspecified atom stereocenters. The average Bonchev–Trinajstić information content (AvgIpc) is 3.22. The summed E-state index contributed by atoms with van der Waals surface area (Å²) in [4.78, 5) is 40.9. The van der Waals surface area contributed by atoms with Crippen LogP contribution >= 0.6 is 0 Å². The number of ketones is 3. The van der Waals surface area contributed by atoms with Crippen molar-refractivity contribution in [2.45, 2.75) is 6.92 Å². The predicted octanol–water partition coefficient (Wildman–Crippen LogP) is 5.92. The van der Waals surface area contributed by atoms with Crippen LogP contribution < -0.4 is 0 Å². The zero-order valence-electron chi connectivity index (χ0n) is 18.4. The Kier molecular flexibility index (Phi) is 4.42. The Balaban J connectivity index is 1.55. The minimum atomic E-state index is -0.296. The lowest BCUT2D eigenvalue weighted by molar-refractivity contribution is 0.0970. The molecule has 4 nitrogen and oxygen atoms in total. The van der Waals surface area contributed by atoms with Crippen LogP contribution in [0.1, 0.15) is 53.5 Å². The van der Waals surface area contributed by atoms with Crippen LogP contribution in [0.15, 0.2) is 97.2 Å². The molecule has 5 aromatic rings. The van der Waals surface area contributed by atoms with E-state index in [1.165, 1.54) is 0 Å². The van der Waals surface area contributed by atoms with Gasteiger partial charge >= 0.3 is 0 Å². The van der Waals surface area contributed by atoms with Crippen LogP contribution in [0.3, 0.4) is 0 Å². The van der Waals surface area contributed by atoms with Crippen molar-refractivity contribution in [2.75, 3.05) is 0 Å². The molecular formula is C30H19NO3. The zero-order valence-corrected chi connectivity index (χ0v) is 18.4. The third kappa shape index (κ3) is 2.89. The summed E-state index contributed by atoms with van der Waals surface area (Å²) in [5, 5.41) is 0. The number of nitrogens with zero attached hydrogens (tertiary/aromatic N) is 1. The lowest BCUT2D eigenvalue weighted by atomic mass is 9.84. The van der Waals surface area contributed by atoms with Crippen molar-refractivity contribution in [1.82, 2.24) is 4.40 Å². The molecule has 0 atom stereocenters. The van der Waals surface area contributed by atoms with Crippen molar-refractivity contribution in [3.05, 3.63) is 136 Å². The highest BCUT2D eigenvalue weighted by Crippen LogP contribution is 2.35. The van der Waals surface area contributed by atoms with Gasteiger partial charge in [0, 0.05) is 22.9 Å². The van der Waals surface area contributed by atoms with E-state index in [0.717, 1.165) is 16.7 Å². The number of aryl methyl sites for hydroxylation is 1. The van der Waals surface area contributed by atoms with Crippen molar-refractivity contribution >= 4 is 22.9 Å². The van der Waals surface area contributed by atoms with Crippen LogP contribution in [0, 0.1) is 6.92 Å². The number of benzene rings is 3. The maximum Gasteiger partial charge on any atom is 0.211 e. The number of rotatable bonds is 3. The second kappa shape index (κ2) is 7.49. The zero-order chi connectivity index (χ0) is 23.4. The topological polar surface area (TPSA) is 55.6 Å². The predicted molar refractivity (Wildman–Crippen MR) is 131 cm³/mol. The van der Waals surface area contributed by atoms with E-state index in [2.05, 4.69) is 0 Å². The molecule has 34 heavy (non-hydrogen) atoms. The molecule has 0 fully saturated rings. The van der Waals surface area contributed by atoms with Crippen LogP contribution in [0.5, 0.6) is 0 Å². The van der Waals surface area contributed by atoms with Gasteiger partial charge in [-0.25, -0.2) is 0 Å². The molecule has 1 aliphatic carbocycles. The first-order valence-corrected chi connectivity index (χ1v) is 11.1. The molecule has 0 amide bonds. The Labute approximate surface area is 196 Å². The Hall–Kier alpha value is -4.57. The number of aromatic nitrogens is 1. The molecular weight excluding hydrogens is 422 g/mol. The molecule has 0 saturated heterocycles. The second-order valence-corrected chi connectivity index (χ2v) is 8.53. The van der Waals surface area contributed by atoms with Gasteiger partial charge < -0.3 is 4.40 Å². The smallest absolute Gasteiger partial charge is 0.211 e. The standard InChI is InChI=1S/C30H19NO3/c1-18-15-16-31-24(17-18)25(26-27(31)30(34)23-10-6-5-9-22(23)29(26)33)28(32)21-13-11-20(12-14-21)19-7-3-2-4-8-19/h2-17H,1H3. The van der Waals surface area contributed by atoms with Gasteiger partial charge in [-0.3, -0.25) is 14.4 Å². The van der Waals surface area contributed by atoms with Gasteiger partial charge in [-0.2, -0.15) is 0 Å². The largest absolute Gasteiger partial charge is 0.312 e. The van der Waals surface area contributed by atoms with E-state index in [4.69, 9.17) is 0 Å². The number of pyridine rings is 1. The maximum absolute atomic E-state index is 13.8. The van der Waals surface area contributed by atoms with Crippen molar-refractivity contribution in [3.8, 4) is 11.1 Å². The second-order valence-electron chi connectivity index (χ2n) is 8.53. The Morgan fingerprint density at radius 2 is 1.32 bits per heavy atom. The van der Waals surface area contributed by atoms with Crippen molar-refractivity contribution < 1.29 is 14.4 Å². The minimum Gasteiger partial charge on any atom is -0.312 e. The fraction of sp³-hybridized carbons (Fsp3) is 0.0333. The molecule has 2 heterocycles. The summed E-state index contributed by atoms with van der Waals surface area (Å²) in [6.07, 6.45) is 1.76. The van der Waals surface area contributed by atoms with Gasteiger partial charge in [0.1, 0.15) is 5.69 Å². The lowest BCUT2D eigenvalue weighted by Gasteiger charge is -2.15. The number of hydrogen-bond acceptors (Lipinski definition) is 3. The summed E-state index contributed by atoms with van der Waals surface area (Å²) < 4.78 is 1.68. The van der Waals surface area contributed by atoms with Gasteiger partial charge in [-0.15, -0.1) is 0 Å². The van der Waals surface area contributed by atoms with Gasteiger partial charge in [0.05, 0.1) is 16.6 Å². The summed E-state index contributed by atoms with van der Waals surface area (Å²) in [7, 11) is 0. The van der Waals surface area contributed by atoms with E-state index in [0.29, 0.717) is 22.2 Å². The highest BCUT2D eigenvalue weighted by atomic mass is 16.1. The lowest BCUT2D eigenvalue weighted by Crippen LogP contribution is -2.22. The van der Waals surface area contributed by atoms with E-state index < -0.39 is 0 Å². The van der Waals surface area contributed by atoms with Gasteiger partial charge in [-0.1, -0.05) is 78.9 Å². The van der Waals surface area contributed by atoms with Gasteiger partial charge in [0.2, 0.25) is 5.78 Å². The quantitative estimate of drug-likeness (QED) is 0.320. The molecule has 0 radical (unpaired) electrons. The molecule has 0 aliphatic heterocycles. The van der Waals surface area contributed by atoms with Crippen molar-refractivity contribution in [2.24, 2.45) is 0 Å². The monoisotopic (exact) mass is 441 g/mol. The first-order valence-electron chi connectivity index (χ1n) is 11.1. The van der Waals surface area contributed by atoms with E-state index in [-0.39, 0.29) is 34.2 Å². The Morgan fingerprint density at radius 1 is 0.706 bits per heavy atom. The van der Waals surface area contributed by atoms with Crippen LogP contribution in [0.2, 0.25) is 0 Å². The number of fused-ring (bicyclic) bond motifs is 4. The number of carbonyl (C=O) groups excluding carboxylic acids is 3. The molecule has 3 aromatic carbocycles. The molecule has 0 bridgehead atoms. The third-order valence-electron chi connectivity index (χ3n) is 6.43. The van der Waals surface area contributed by atoms with E-state index in [1.54, 1.807) is 47.0 Å². The van der Waals surface area contributed by atoms with Crippen molar-refractivity contribution in [3.63, 3.8) is 0 Å². The maximum atomic E-state index is 13.8. The summed E-state index contributed by atoms with van der Waals surface area (Å²) in [5.74, 6) is -0.817. The molecule has 2 aromatic heterocycles. The van der Waals surface area contributed by atoms with Crippen LogP contribution in [0.25, 0.3) is 16.6 Å². The summed E-state index contributed by atoms with van der Waals surface area (Å²) in [6.45, 7) is 1.92. The first-order chi connectivity index (χ1) is 16.5. The summed E-state index contributed by atoms with van der Waals surface area (Å²) >= 11 is 0.